The Balaban J connectivity index is 1.60. The van der Waals surface area contributed by atoms with Crippen molar-refractivity contribution in [3.05, 3.63) is 50.8 Å². The topological polar surface area (TPSA) is 183 Å². The molecule has 0 aliphatic heterocycles. The number of carbonyl (C=O) groups is 4. The molecule has 0 saturated carbocycles. The number of aromatic nitrogens is 3. The van der Waals surface area contributed by atoms with E-state index in [0.29, 0.717) is 29.7 Å². The van der Waals surface area contributed by atoms with Gasteiger partial charge in [0.2, 0.25) is 11.9 Å². The highest BCUT2D eigenvalue weighted by Gasteiger charge is 2.30. The fourth-order valence-corrected chi connectivity index (χ4v) is 4.47. The Labute approximate surface area is 247 Å². The number of H-pyrrole nitrogens is 1. The first-order valence-electron chi connectivity index (χ1n) is 13.7. The van der Waals surface area contributed by atoms with Crippen LogP contribution in [0.5, 0.6) is 0 Å². The number of anilines is 1. The van der Waals surface area contributed by atoms with Crippen LogP contribution in [-0.2, 0) is 36.7 Å². The molecule has 0 aromatic carbocycles. The lowest BCUT2D eigenvalue weighted by atomic mass is 9.92. The normalized spacial score (nSPS) is 13.2. The van der Waals surface area contributed by atoms with Gasteiger partial charge in [-0.3, -0.25) is 29.5 Å². The Hall–Kier alpha value is -4.99. The van der Waals surface area contributed by atoms with Crippen molar-refractivity contribution in [2.45, 2.75) is 65.3 Å². The highest BCUT2D eigenvalue weighted by atomic mass is 16.5. The molecule has 0 unspecified atom stereocenters. The van der Waals surface area contributed by atoms with E-state index in [0.717, 1.165) is 18.4 Å². The summed E-state index contributed by atoms with van der Waals surface area (Å²) in [5, 5.41) is 5.38. The summed E-state index contributed by atoms with van der Waals surface area (Å²) in [6.07, 6.45) is 4.34. The second kappa shape index (κ2) is 12.9. The Morgan fingerprint density at radius 2 is 1.81 bits per heavy atom. The van der Waals surface area contributed by atoms with E-state index < -0.39 is 34.9 Å². The number of aromatic amines is 1. The summed E-state index contributed by atoms with van der Waals surface area (Å²) in [7, 11) is 2.43. The van der Waals surface area contributed by atoms with Gasteiger partial charge in [0.1, 0.15) is 6.04 Å². The maximum absolute atomic E-state index is 13.2. The number of pyridine rings is 1. The van der Waals surface area contributed by atoms with E-state index in [4.69, 9.17) is 9.15 Å². The van der Waals surface area contributed by atoms with Gasteiger partial charge in [0, 0.05) is 34.7 Å². The second-order valence-corrected chi connectivity index (χ2v) is 11.1. The summed E-state index contributed by atoms with van der Waals surface area (Å²) in [5.41, 5.74) is 0.894. The third-order valence-corrected chi connectivity index (χ3v) is 6.88. The molecular formula is C30H33N5O8. The van der Waals surface area contributed by atoms with Crippen LogP contribution in [0.4, 0.5) is 5.95 Å². The number of ether oxygens (including phenoxy) is 2. The van der Waals surface area contributed by atoms with E-state index in [1.165, 1.54) is 26.5 Å². The van der Waals surface area contributed by atoms with Crippen LogP contribution >= 0.6 is 0 Å². The third kappa shape index (κ3) is 7.27. The van der Waals surface area contributed by atoms with Crippen molar-refractivity contribution < 1.29 is 33.1 Å². The van der Waals surface area contributed by atoms with Gasteiger partial charge >= 0.3 is 11.9 Å². The predicted octanol–water partition coefficient (Wildman–Crippen LogP) is 2.40. The van der Waals surface area contributed by atoms with Crippen LogP contribution in [0.1, 0.15) is 79.5 Å². The van der Waals surface area contributed by atoms with Gasteiger partial charge in [-0.1, -0.05) is 26.7 Å². The van der Waals surface area contributed by atoms with Crippen molar-refractivity contribution in [3.8, 4) is 11.8 Å². The molecule has 2 amide bonds. The van der Waals surface area contributed by atoms with Gasteiger partial charge in [0.25, 0.3) is 11.5 Å². The quantitative estimate of drug-likeness (QED) is 0.272. The zero-order valence-corrected chi connectivity index (χ0v) is 24.6. The number of amides is 2. The number of carbonyl (C=O) groups excluding carboxylic acids is 4. The molecule has 1 aliphatic carbocycles. The predicted molar refractivity (Wildman–Crippen MR) is 154 cm³/mol. The number of nitrogens with one attached hydrogen (secondary N) is 3. The van der Waals surface area contributed by atoms with E-state index in [1.807, 2.05) is 0 Å². The Bertz CT molecular complexity index is 1700. The Morgan fingerprint density at radius 1 is 1.09 bits per heavy atom. The molecule has 13 nitrogen and oxygen atoms in total. The summed E-state index contributed by atoms with van der Waals surface area (Å²) in [6, 6.07) is 0.454. The van der Waals surface area contributed by atoms with Gasteiger partial charge in [-0.05, 0) is 44.1 Å². The fraction of sp³-hybridized carbons (Fsp3) is 0.433. The molecule has 3 heterocycles. The van der Waals surface area contributed by atoms with E-state index >= 15 is 0 Å². The van der Waals surface area contributed by atoms with Crippen LogP contribution in [-0.4, -0.2) is 59.0 Å². The number of nitrogens with zero attached hydrogens (tertiary/aromatic N) is 2. The molecule has 0 radical (unpaired) electrons. The highest BCUT2D eigenvalue weighted by Crippen LogP contribution is 2.30. The lowest BCUT2D eigenvalue weighted by Crippen LogP contribution is -2.42. The maximum atomic E-state index is 13.2. The molecule has 0 spiro atoms. The van der Waals surface area contributed by atoms with Gasteiger partial charge in [-0.25, -0.2) is 9.78 Å². The number of methoxy groups -OCH3 is 2. The van der Waals surface area contributed by atoms with Crippen LogP contribution in [0.2, 0.25) is 0 Å². The van der Waals surface area contributed by atoms with Gasteiger partial charge in [0.15, 0.2) is 17.2 Å². The Morgan fingerprint density at radius 3 is 2.49 bits per heavy atom. The van der Waals surface area contributed by atoms with Crippen LogP contribution in [0.3, 0.4) is 0 Å². The molecule has 3 aromatic rings. The van der Waals surface area contributed by atoms with E-state index in [-0.39, 0.29) is 41.5 Å². The molecular weight excluding hydrogens is 558 g/mol. The van der Waals surface area contributed by atoms with Crippen molar-refractivity contribution >= 4 is 40.7 Å². The lowest BCUT2D eigenvalue weighted by Gasteiger charge is -2.16. The zero-order valence-electron chi connectivity index (χ0n) is 24.6. The smallest absolute Gasteiger partial charge is 0.328 e. The summed E-state index contributed by atoms with van der Waals surface area (Å²) in [5.74, 6) is 4.10. The van der Waals surface area contributed by atoms with Crippen LogP contribution < -0.4 is 16.2 Å². The van der Waals surface area contributed by atoms with Gasteiger partial charge in [0.05, 0.1) is 19.6 Å². The highest BCUT2D eigenvalue weighted by molar-refractivity contribution is 5.96. The van der Waals surface area contributed by atoms with E-state index in [9.17, 15) is 24.0 Å². The zero-order chi connectivity index (χ0) is 31.3. The third-order valence-electron chi connectivity index (χ3n) is 6.88. The van der Waals surface area contributed by atoms with E-state index in [2.05, 4.69) is 42.2 Å². The van der Waals surface area contributed by atoms with Crippen molar-refractivity contribution in [1.29, 1.82) is 0 Å². The number of hydrogen-bond donors (Lipinski definition) is 3. The summed E-state index contributed by atoms with van der Waals surface area (Å²) >= 11 is 0. The molecule has 13 heteroatoms. The first-order chi connectivity index (χ1) is 20.4. The average molecular weight is 592 g/mol. The molecule has 3 N–H and O–H groups in total. The minimum absolute atomic E-state index is 0.00323. The molecule has 0 saturated heterocycles. The fourth-order valence-electron chi connectivity index (χ4n) is 4.47. The van der Waals surface area contributed by atoms with Crippen molar-refractivity contribution in [2.24, 2.45) is 5.41 Å². The number of fused-ring (bicyclic) bond motifs is 2. The number of furan rings is 1. The molecule has 0 bridgehead atoms. The van der Waals surface area contributed by atoms with Crippen molar-refractivity contribution in [3.63, 3.8) is 0 Å². The second-order valence-electron chi connectivity index (χ2n) is 11.1. The monoisotopic (exact) mass is 591 g/mol. The molecule has 0 fully saturated rings. The van der Waals surface area contributed by atoms with Crippen molar-refractivity contribution in [2.75, 3.05) is 19.5 Å². The molecule has 3 aromatic heterocycles. The molecule has 4 rings (SSSR count). The summed E-state index contributed by atoms with van der Waals surface area (Å²) in [4.78, 5) is 73.1. The summed E-state index contributed by atoms with van der Waals surface area (Å²) in [6.45, 7) is 5.22. The number of rotatable bonds is 7. The molecule has 226 valence electrons. The van der Waals surface area contributed by atoms with Crippen molar-refractivity contribution in [1.82, 2.24) is 20.3 Å². The standard InChI is InChI=1S/C30H33N5O8/c1-30(2,3)28(40)35-29-33-24-19(25(37)34-29)14-16(15-31-24)10-12-21-17-8-6-7-9-18(17)23(43-21)26(38)32-20(27(39)42-5)11-13-22(36)41-4/h14-15,20H,6-9,11,13H2,1-5H3,(H,32,38)(H2,31,33,34,35,37,40)/t20-/m0/s1. The van der Waals surface area contributed by atoms with Crippen LogP contribution in [0.25, 0.3) is 11.0 Å². The van der Waals surface area contributed by atoms with Crippen LogP contribution in [0, 0.1) is 17.3 Å². The minimum Gasteiger partial charge on any atom is -0.469 e. The Kier molecular flexibility index (Phi) is 9.28. The maximum Gasteiger partial charge on any atom is 0.328 e. The number of hydrogen-bond acceptors (Lipinski definition) is 10. The van der Waals surface area contributed by atoms with Gasteiger partial charge in [-0.15, -0.1) is 0 Å². The largest absolute Gasteiger partial charge is 0.469 e. The van der Waals surface area contributed by atoms with Gasteiger partial charge < -0.3 is 19.2 Å². The lowest BCUT2D eigenvalue weighted by molar-refractivity contribution is -0.144. The molecule has 1 atom stereocenters. The average Bonchev–Trinajstić information content (AvgIpc) is 3.36. The summed E-state index contributed by atoms with van der Waals surface area (Å²) < 4.78 is 15.3. The first-order valence-corrected chi connectivity index (χ1v) is 13.7. The molecule has 1 aliphatic rings. The minimum atomic E-state index is -1.08. The number of esters is 2. The molecule has 43 heavy (non-hydrogen) atoms. The van der Waals surface area contributed by atoms with Crippen LogP contribution in [0.15, 0.2) is 21.5 Å². The van der Waals surface area contributed by atoms with Gasteiger partial charge in [-0.2, -0.15) is 4.98 Å². The van der Waals surface area contributed by atoms with E-state index in [1.54, 1.807) is 20.8 Å². The first kappa shape index (κ1) is 31.0. The SMILES string of the molecule is COC(=O)CC[C@H](NC(=O)c1oc(C#Cc2cnc3nc(NC(=O)C(C)(C)C)[nH]c(=O)c3c2)c2c1CCCC2)C(=O)OC.